The van der Waals surface area contributed by atoms with Crippen LogP contribution in [-0.4, -0.2) is 20.5 Å². The topological polar surface area (TPSA) is 89.5 Å². The van der Waals surface area contributed by atoms with Gasteiger partial charge in [0.15, 0.2) is 5.76 Å². The van der Waals surface area contributed by atoms with Crippen LogP contribution in [-0.2, 0) is 12.2 Å². The van der Waals surface area contributed by atoms with E-state index >= 15 is 0 Å². The van der Waals surface area contributed by atoms with Gasteiger partial charge in [-0.25, -0.2) is 4.98 Å². The van der Waals surface area contributed by atoms with Crippen LogP contribution in [0.1, 0.15) is 35.1 Å². The molecule has 0 fully saturated rings. The number of para-hydroxylation sites is 1. The predicted octanol–water partition coefficient (Wildman–Crippen LogP) is 4.49. The molecule has 3 heterocycles. The molecule has 0 atom stereocenters. The summed E-state index contributed by atoms with van der Waals surface area (Å²) in [5.41, 5.74) is 1.18. The number of nitrogens with zero attached hydrogens (tertiary/aromatic N) is 3. The van der Waals surface area contributed by atoms with Gasteiger partial charge < -0.3 is 9.73 Å². The highest BCUT2D eigenvalue weighted by atomic mass is 32.2. The van der Waals surface area contributed by atoms with Gasteiger partial charge in [0.05, 0.1) is 17.6 Å². The minimum atomic E-state index is -0.312. The number of hydrogen-bond donors (Lipinski definition) is 1. The molecule has 9 heteroatoms. The quantitative estimate of drug-likeness (QED) is 0.426. The van der Waals surface area contributed by atoms with Crippen molar-refractivity contribution in [2.45, 2.75) is 30.9 Å². The number of aromatic nitrogens is 3. The first kappa shape index (κ1) is 20.4. The van der Waals surface area contributed by atoms with Crippen molar-refractivity contribution in [3.05, 3.63) is 75.5 Å². The monoisotopic (exact) mass is 440 g/mol. The molecule has 30 heavy (non-hydrogen) atoms. The summed E-state index contributed by atoms with van der Waals surface area (Å²) in [6, 6.07) is 12.3. The van der Waals surface area contributed by atoms with Gasteiger partial charge in [-0.1, -0.05) is 37.3 Å². The summed E-state index contributed by atoms with van der Waals surface area (Å²) in [4.78, 5) is 30.8. The number of thioether (sulfide) groups is 1. The molecular weight excluding hydrogens is 420 g/mol. The Labute approximate surface area is 181 Å². The van der Waals surface area contributed by atoms with Crippen molar-refractivity contribution in [1.29, 1.82) is 0 Å². The zero-order valence-electron chi connectivity index (χ0n) is 16.5. The molecule has 0 saturated carbocycles. The number of carbonyl (C=O) groups excluding carboxylic acids is 1. The maximum Gasteiger partial charge on any atom is 0.291 e. The Morgan fingerprint density at radius 2 is 2.10 bits per heavy atom. The Bertz CT molecular complexity index is 1230. The van der Waals surface area contributed by atoms with Crippen LogP contribution in [0.2, 0.25) is 0 Å². The first-order valence-electron chi connectivity index (χ1n) is 9.45. The summed E-state index contributed by atoms with van der Waals surface area (Å²) in [6.45, 7) is 4.24. The molecule has 0 radical (unpaired) electrons. The number of benzene rings is 1. The van der Waals surface area contributed by atoms with E-state index in [1.807, 2.05) is 24.3 Å². The molecule has 3 aromatic heterocycles. The Kier molecular flexibility index (Phi) is 6.01. The van der Waals surface area contributed by atoms with Crippen LogP contribution in [0.4, 0.5) is 5.69 Å². The highest BCUT2D eigenvalue weighted by Gasteiger charge is 2.13. The van der Waals surface area contributed by atoms with Crippen molar-refractivity contribution < 1.29 is 9.21 Å². The summed E-state index contributed by atoms with van der Waals surface area (Å²) in [5, 5.41) is 8.15. The van der Waals surface area contributed by atoms with E-state index in [0.717, 1.165) is 16.3 Å². The molecule has 0 unspecified atom stereocenters. The number of rotatable bonds is 7. The van der Waals surface area contributed by atoms with Crippen LogP contribution in [0.5, 0.6) is 0 Å². The average Bonchev–Trinajstić information content (AvgIpc) is 3.37. The molecule has 0 bridgehead atoms. The molecule has 4 aromatic rings. The van der Waals surface area contributed by atoms with Gasteiger partial charge in [-0.15, -0.1) is 11.8 Å². The standard InChI is InChI=1S/C21H20N4O3S2/c1-13(2)10-18-24-25-19(26)11-14(22-21(25)30-18)12-29-17-8-4-3-6-15(17)23-20(27)16-7-5-9-28-16/h3-9,11,13H,10,12H2,1-2H3,(H,23,27). The first-order chi connectivity index (χ1) is 14.5. The van der Waals surface area contributed by atoms with E-state index in [-0.39, 0.29) is 17.2 Å². The van der Waals surface area contributed by atoms with Gasteiger partial charge >= 0.3 is 0 Å². The largest absolute Gasteiger partial charge is 0.459 e. The van der Waals surface area contributed by atoms with Crippen LogP contribution < -0.4 is 10.9 Å². The SMILES string of the molecule is CC(C)Cc1nn2c(=O)cc(CSc3ccccc3NC(=O)c3ccco3)nc2s1. The van der Waals surface area contributed by atoms with Gasteiger partial charge in [-0.3, -0.25) is 9.59 Å². The third-order valence-corrected chi connectivity index (χ3v) is 6.22. The average molecular weight is 441 g/mol. The molecule has 1 aromatic carbocycles. The van der Waals surface area contributed by atoms with Gasteiger partial charge in [-0.2, -0.15) is 9.61 Å². The summed E-state index contributed by atoms with van der Waals surface area (Å²) in [6.07, 6.45) is 2.28. The number of anilines is 1. The lowest BCUT2D eigenvalue weighted by Gasteiger charge is -2.09. The fourth-order valence-corrected chi connectivity index (χ4v) is 4.87. The van der Waals surface area contributed by atoms with Crippen LogP contribution >= 0.6 is 23.1 Å². The van der Waals surface area contributed by atoms with Crippen LogP contribution in [0.25, 0.3) is 4.96 Å². The fraction of sp³-hybridized carbons (Fsp3) is 0.238. The Morgan fingerprint density at radius 1 is 1.27 bits per heavy atom. The van der Waals surface area contributed by atoms with Gasteiger partial charge in [-0.05, 0) is 30.2 Å². The molecule has 4 rings (SSSR count). The third kappa shape index (κ3) is 4.63. The molecule has 0 spiro atoms. The minimum absolute atomic E-state index is 0.179. The van der Waals surface area contributed by atoms with Crippen molar-refractivity contribution in [3.8, 4) is 0 Å². The summed E-state index contributed by atoms with van der Waals surface area (Å²) < 4.78 is 6.52. The van der Waals surface area contributed by atoms with Crippen molar-refractivity contribution in [3.63, 3.8) is 0 Å². The molecule has 0 aliphatic carbocycles. The van der Waals surface area contributed by atoms with Crippen LogP contribution in [0.15, 0.2) is 62.8 Å². The number of carbonyl (C=O) groups is 1. The van der Waals surface area contributed by atoms with Crippen molar-refractivity contribution in [1.82, 2.24) is 14.6 Å². The number of hydrogen-bond acceptors (Lipinski definition) is 7. The van der Waals surface area contributed by atoms with Crippen molar-refractivity contribution in [2.24, 2.45) is 5.92 Å². The van der Waals surface area contributed by atoms with Gasteiger partial charge in [0, 0.05) is 23.1 Å². The summed E-state index contributed by atoms with van der Waals surface area (Å²) >= 11 is 2.95. The second-order valence-electron chi connectivity index (χ2n) is 7.09. The smallest absolute Gasteiger partial charge is 0.291 e. The van der Waals surface area contributed by atoms with E-state index < -0.39 is 0 Å². The van der Waals surface area contributed by atoms with E-state index in [9.17, 15) is 9.59 Å². The lowest BCUT2D eigenvalue weighted by molar-refractivity contribution is 0.0996. The van der Waals surface area contributed by atoms with Gasteiger partial charge in [0.25, 0.3) is 11.5 Å². The van der Waals surface area contributed by atoms with E-state index in [0.29, 0.717) is 28.0 Å². The Balaban J connectivity index is 1.51. The van der Waals surface area contributed by atoms with E-state index in [1.54, 1.807) is 12.1 Å². The molecule has 0 aliphatic heterocycles. The van der Waals surface area contributed by atoms with E-state index in [1.165, 1.54) is 39.9 Å². The van der Waals surface area contributed by atoms with Crippen molar-refractivity contribution >= 4 is 39.7 Å². The van der Waals surface area contributed by atoms with Gasteiger partial charge in [0.2, 0.25) is 4.96 Å². The maximum atomic E-state index is 12.4. The second-order valence-corrected chi connectivity index (χ2v) is 9.15. The van der Waals surface area contributed by atoms with E-state index in [4.69, 9.17) is 4.42 Å². The first-order valence-corrected chi connectivity index (χ1v) is 11.2. The van der Waals surface area contributed by atoms with Crippen molar-refractivity contribution in [2.75, 3.05) is 5.32 Å². The second kappa shape index (κ2) is 8.85. The predicted molar refractivity (Wildman–Crippen MR) is 118 cm³/mol. The van der Waals surface area contributed by atoms with Crippen LogP contribution in [0, 0.1) is 5.92 Å². The molecule has 0 aliphatic rings. The summed E-state index contributed by atoms with van der Waals surface area (Å²) in [5.74, 6) is 0.895. The third-order valence-electron chi connectivity index (χ3n) is 4.18. The van der Waals surface area contributed by atoms with Gasteiger partial charge in [0.1, 0.15) is 5.01 Å². The fourth-order valence-electron chi connectivity index (χ4n) is 2.84. The number of nitrogens with one attached hydrogen (secondary N) is 1. The molecule has 1 amide bonds. The van der Waals surface area contributed by atoms with E-state index in [2.05, 4.69) is 29.2 Å². The Morgan fingerprint density at radius 3 is 2.87 bits per heavy atom. The van der Waals surface area contributed by atoms with Crippen LogP contribution in [0.3, 0.4) is 0 Å². The normalized spacial score (nSPS) is 11.3. The maximum absolute atomic E-state index is 12.4. The zero-order chi connectivity index (χ0) is 21.1. The highest BCUT2D eigenvalue weighted by molar-refractivity contribution is 7.98. The number of amides is 1. The molecule has 1 N–H and O–H groups in total. The lowest BCUT2D eigenvalue weighted by atomic mass is 10.1. The lowest BCUT2D eigenvalue weighted by Crippen LogP contribution is -2.15. The molecular formula is C21H20N4O3S2. The minimum Gasteiger partial charge on any atom is -0.459 e. The highest BCUT2D eigenvalue weighted by Crippen LogP contribution is 2.30. The number of furan rings is 1. The molecule has 154 valence electrons. The number of fused-ring (bicyclic) bond motifs is 1. The molecule has 0 saturated heterocycles. The summed E-state index contributed by atoms with van der Waals surface area (Å²) in [7, 11) is 0. The molecule has 7 nitrogen and oxygen atoms in total. The zero-order valence-corrected chi connectivity index (χ0v) is 18.1. The Hall–Kier alpha value is -2.91.